The number of imidazole rings is 1. The van der Waals surface area contributed by atoms with Gasteiger partial charge < -0.3 is 14.8 Å². The molecule has 1 aliphatic rings. The van der Waals surface area contributed by atoms with Crippen molar-refractivity contribution in [2.24, 2.45) is 0 Å². The summed E-state index contributed by atoms with van der Waals surface area (Å²) in [6, 6.07) is 11.6. The highest BCUT2D eigenvalue weighted by Crippen LogP contribution is 2.37. The van der Waals surface area contributed by atoms with E-state index in [0.717, 1.165) is 5.56 Å². The number of aromatic nitrogens is 4. The van der Waals surface area contributed by atoms with E-state index in [-0.39, 0.29) is 17.5 Å². The minimum Gasteiger partial charge on any atom is -0.323 e. The van der Waals surface area contributed by atoms with Gasteiger partial charge in [-0.3, -0.25) is 4.79 Å². The quantitative estimate of drug-likeness (QED) is 0.487. The van der Waals surface area contributed by atoms with E-state index in [9.17, 15) is 13.6 Å². The summed E-state index contributed by atoms with van der Waals surface area (Å²) in [6.45, 7) is 2.23. The molecule has 0 spiro atoms. The normalized spacial score (nSPS) is 15.3. The van der Waals surface area contributed by atoms with Gasteiger partial charge in [0.1, 0.15) is 29.2 Å². The Hall–Kier alpha value is -4.14. The van der Waals surface area contributed by atoms with Gasteiger partial charge in [-0.05, 0) is 55.0 Å². The maximum Gasteiger partial charge on any atom is 0.247 e. The van der Waals surface area contributed by atoms with Crippen LogP contribution in [0.4, 0.5) is 26.0 Å². The molecule has 0 bridgehead atoms. The van der Waals surface area contributed by atoms with Crippen LogP contribution >= 0.6 is 0 Å². The van der Waals surface area contributed by atoms with Crippen LogP contribution in [0, 0.1) is 11.6 Å². The van der Waals surface area contributed by atoms with Crippen molar-refractivity contribution in [2.75, 3.05) is 10.2 Å². The van der Waals surface area contributed by atoms with Gasteiger partial charge in [0, 0.05) is 23.6 Å². The van der Waals surface area contributed by atoms with Crippen molar-refractivity contribution < 1.29 is 13.6 Å². The maximum atomic E-state index is 13.5. The molecule has 4 aromatic rings. The third kappa shape index (κ3) is 3.93. The topological polar surface area (TPSA) is 75.9 Å². The van der Waals surface area contributed by atoms with Crippen molar-refractivity contribution >= 4 is 23.1 Å². The first-order chi connectivity index (χ1) is 16.0. The third-order valence-corrected chi connectivity index (χ3v) is 5.54. The first-order valence-corrected chi connectivity index (χ1v) is 10.5. The van der Waals surface area contributed by atoms with Gasteiger partial charge in [0.15, 0.2) is 11.6 Å². The Morgan fingerprint density at radius 3 is 2.39 bits per heavy atom. The number of carbonyl (C=O) groups excluding carboxylic acids is 1. The molecule has 7 nitrogen and oxygen atoms in total. The molecule has 1 aliphatic heterocycles. The molecule has 9 heteroatoms. The van der Waals surface area contributed by atoms with Gasteiger partial charge in [-0.15, -0.1) is 0 Å². The number of nitrogens with zero attached hydrogens (tertiary/aromatic N) is 5. The molecule has 0 saturated carbocycles. The highest BCUT2D eigenvalue weighted by Gasteiger charge is 2.34. The monoisotopic (exact) mass is 446 g/mol. The first-order valence-electron chi connectivity index (χ1n) is 10.5. The molecule has 2 aromatic heterocycles. The fourth-order valence-electron chi connectivity index (χ4n) is 3.96. The van der Waals surface area contributed by atoms with Gasteiger partial charge in [0.05, 0.1) is 12.7 Å². The van der Waals surface area contributed by atoms with E-state index in [1.54, 1.807) is 42.9 Å². The van der Waals surface area contributed by atoms with Gasteiger partial charge >= 0.3 is 0 Å². The summed E-state index contributed by atoms with van der Waals surface area (Å²) < 4.78 is 28.7. The predicted octanol–water partition coefficient (Wildman–Crippen LogP) is 4.54. The number of carbonyl (C=O) groups is 1. The molecule has 5 rings (SSSR count). The number of hydrogen-bond acceptors (Lipinski definition) is 5. The standard InChI is InChI=1S/C24H20F2N6O/c1-2-20-24(33)29-19-13-28-21(30-23(19)32(20)18-9-7-17(26)8-10-18)14-31-12-11-27-22(31)15-3-5-16(25)6-4-15/h3-13,20H,2,14H2,1H3,(H,29,33). The highest BCUT2D eigenvalue weighted by molar-refractivity contribution is 6.04. The third-order valence-electron chi connectivity index (χ3n) is 5.54. The lowest BCUT2D eigenvalue weighted by molar-refractivity contribution is -0.117. The zero-order chi connectivity index (χ0) is 22.9. The van der Waals surface area contributed by atoms with E-state index in [1.807, 2.05) is 16.4 Å². The zero-order valence-electron chi connectivity index (χ0n) is 17.7. The number of fused-ring (bicyclic) bond motifs is 1. The smallest absolute Gasteiger partial charge is 0.247 e. The van der Waals surface area contributed by atoms with Crippen LogP contribution in [-0.2, 0) is 11.3 Å². The van der Waals surface area contributed by atoms with E-state index in [0.29, 0.717) is 41.8 Å². The highest BCUT2D eigenvalue weighted by atomic mass is 19.1. The minimum absolute atomic E-state index is 0.168. The Labute approximate surface area is 188 Å². The molecule has 1 amide bonds. The van der Waals surface area contributed by atoms with Crippen LogP contribution in [0.5, 0.6) is 0 Å². The number of amides is 1. The summed E-state index contributed by atoms with van der Waals surface area (Å²) in [5.41, 5.74) is 1.92. The van der Waals surface area contributed by atoms with Crippen LogP contribution < -0.4 is 10.2 Å². The summed E-state index contributed by atoms with van der Waals surface area (Å²) in [6.07, 6.45) is 5.58. The van der Waals surface area contributed by atoms with Gasteiger partial charge in [-0.1, -0.05) is 6.92 Å². The van der Waals surface area contributed by atoms with Crippen molar-refractivity contribution in [3.8, 4) is 11.4 Å². The summed E-state index contributed by atoms with van der Waals surface area (Å²) >= 11 is 0. The van der Waals surface area contributed by atoms with E-state index >= 15 is 0 Å². The number of nitrogens with one attached hydrogen (secondary N) is 1. The molecule has 1 N–H and O–H groups in total. The lowest BCUT2D eigenvalue weighted by Crippen LogP contribution is -2.45. The molecule has 33 heavy (non-hydrogen) atoms. The summed E-state index contributed by atoms with van der Waals surface area (Å²) in [7, 11) is 0. The Balaban J connectivity index is 1.52. The molecule has 1 unspecified atom stereocenters. The fourth-order valence-corrected chi connectivity index (χ4v) is 3.96. The van der Waals surface area contributed by atoms with Crippen molar-refractivity contribution in [2.45, 2.75) is 25.9 Å². The molecule has 0 fully saturated rings. The van der Waals surface area contributed by atoms with Gasteiger partial charge in [-0.25, -0.2) is 23.7 Å². The second-order valence-corrected chi connectivity index (χ2v) is 7.67. The van der Waals surface area contributed by atoms with Crippen LogP contribution in [0.3, 0.4) is 0 Å². The van der Waals surface area contributed by atoms with Gasteiger partial charge in [0.2, 0.25) is 5.91 Å². The lowest BCUT2D eigenvalue weighted by Gasteiger charge is -2.36. The molecular weight excluding hydrogens is 426 g/mol. The Morgan fingerprint density at radius 1 is 1.00 bits per heavy atom. The average Bonchev–Trinajstić information content (AvgIpc) is 3.27. The van der Waals surface area contributed by atoms with Crippen molar-refractivity contribution in [1.82, 2.24) is 19.5 Å². The van der Waals surface area contributed by atoms with Crippen LogP contribution in [0.1, 0.15) is 19.2 Å². The second-order valence-electron chi connectivity index (χ2n) is 7.67. The molecule has 2 aromatic carbocycles. The Kier molecular flexibility index (Phi) is 5.29. The summed E-state index contributed by atoms with van der Waals surface area (Å²) in [5.74, 6) is 0.869. The Morgan fingerprint density at radius 2 is 1.70 bits per heavy atom. The second kappa shape index (κ2) is 8.42. The number of benzene rings is 2. The molecular formula is C24H20F2N6O. The maximum absolute atomic E-state index is 13.5. The molecule has 166 valence electrons. The van der Waals surface area contributed by atoms with E-state index in [1.165, 1.54) is 24.3 Å². The average molecular weight is 446 g/mol. The van der Waals surface area contributed by atoms with Gasteiger partial charge in [0.25, 0.3) is 0 Å². The SMILES string of the molecule is CCC1C(=O)Nc2cnc(Cn3ccnc3-c3ccc(F)cc3)nc2N1c1ccc(F)cc1. The van der Waals surface area contributed by atoms with Gasteiger partial charge in [-0.2, -0.15) is 0 Å². The number of halogens is 2. The molecule has 0 radical (unpaired) electrons. The zero-order valence-corrected chi connectivity index (χ0v) is 17.7. The number of anilines is 3. The summed E-state index contributed by atoms with van der Waals surface area (Å²) in [4.78, 5) is 28.1. The molecule has 0 aliphatic carbocycles. The van der Waals surface area contributed by atoms with Crippen LogP contribution in [0.15, 0.2) is 67.1 Å². The van der Waals surface area contributed by atoms with Crippen molar-refractivity contribution in [3.63, 3.8) is 0 Å². The van der Waals surface area contributed by atoms with Crippen LogP contribution in [0.25, 0.3) is 11.4 Å². The Bertz CT molecular complexity index is 1300. The first kappa shape index (κ1) is 20.7. The van der Waals surface area contributed by atoms with Crippen molar-refractivity contribution in [1.29, 1.82) is 0 Å². The minimum atomic E-state index is -0.492. The molecule has 0 saturated heterocycles. The van der Waals surface area contributed by atoms with E-state index in [4.69, 9.17) is 4.98 Å². The number of hydrogen-bond donors (Lipinski definition) is 1. The van der Waals surface area contributed by atoms with E-state index < -0.39 is 6.04 Å². The number of rotatable bonds is 5. The fraction of sp³-hybridized carbons (Fsp3) is 0.167. The lowest BCUT2D eigenvalue weighted by atomic mass is 10.1. The van der Waals surface area contributed by atoms with Crippen LogP contribution in [-0.4, -0.2) is 31.5 Å². The van der Waals surface area contributed by atoms with E-state index in [2.05, 4.69) is 15.3 Å². The summed E-state index contributed by atoms with van der Waals surface area (Å²) in [5, 5.41) is 2.87. The van der Waals surface area contributed by atoms with Crippen LogP contribution in [0.2, 0.25) is 0 Å². The molecule has 1 atom stereocenters. The molecule has 3 heterocycles. The van der Waals surface area contributed by atoms with Crippen molar-refractivity contribution in [3.05, 3.63) is 84.6 Å². The largest absolute Gasteiger partial charge is 0.323 e. The predicted molar refractivity (Wildman–Crippen MR) is 120 cm³/mol.